The summed E-state index contributed by atoms with van der Waals surface area (Å²) in [6, 6.07) is 7.69. The van der Waals surface area contributed by atoms with Crippen LogP contribution in [0.3, 0.4) is 0 Å². The summed E-state index contributed by atoms with van der Waals surface area (Å²) in [7, 11) is 0. The van der Waals surface area contributed by atoms with Crippen molar-refractivity contribution >= 4 is 11.6 Å². The van der Waals surface area contributed by atoms with Gasteiger partial charge < -0.3 is 16.2 Å². The van der Waals surface area contributed by atoms with Gasteiger partial charge >= 0.3 is 0 Å². The van der Waals surface area contributed by atoms with Gasteiger partial charge in [-0.25, -0.2) is 0 Å². The molecule has 0 spiro atoms. The first-order chi connectivity index (χ1) is 10.2. The van der Waals surface area contributed by atoms with Crippen LogP contribution in [0.25, 0.3) is 0 Å². The molecule has 1 unspecified atom stereocenters. The molecule has 1 fully saturated rings. The molecule has 1 heterocycles. The van der Waals surface area contributed by atoms with Crippen molar-refractivity contribution in [2.75, 3.05) is 25.0 Å². The zero-order chi connectivity index (χ0) is 15.1. The van der Waals surface area contributed by atoms with E-state index < -0.39 is 0 Å². The highest BCUT2D eigenvalue weighted by atomic mass is 16.3. The zero-order valence-electron chi connectivity index (χ0n) is 12.4. The third-order valence-electron chi connectivity index (χ3n) is 4.00. The number of benzene rings is 1. The number of hydrogen-bond donors (Lipinski definition) is 3. The van der Waals surface area contributed by atoms with Crippen molar-refractivity contribution < 1.29 is 9.90 Å². The fourth-order valence-corrected chi connectivity index (χ4v) is 2.81. The number of nitrogens with one attached hydrogen (secondary N) is 1. The Balaban J connectivity index is 1.93. The monoisotopic (exact) mass is 291 g/mol. The highest BCUT2D eigenvalue weighted by Gasteiger charge is 2.22. The molecule has 116 valence electrons. The average molecular weight is 291 g/mol. The Labute approximate surface area is 126 Å². The van der Waals surface area contributed by atoms with E-state index in [4.69, 9.17) is 5.73 Å². The lowest BCUT2D eigenvalue weighted by Gasteiger charge is -2.27. The fourth-order valence-electron chi connectivity index (χ4n) is 2.81. The number of aliphatic hydroxyl groups excluding tert-OH is 1. The summed E-state index contributed by atoms with van der Waals surface area (Å²) in [4.78, 5) is 14.3. The minimum Gasteiger partial charge on any atom is -0.395 e. The van der Waals surface area contributed by atoms with Gasteiger partial charge in [-0.1, -0.05) is 25.0 Å². The Morgan fingerprint density at radius 2 is 2.24 bits per heavy atom. The highest BCUT2D eigenvalue weighted by molar-refractivity contribution is 5.92. The number of rotatable bonds is 5. The number of nitrogens with zero attached hydrogens (tertiary/aromatic N) is 1. The standard InChI is InChI=1S/C16H25N3O2/c17-10-13-5-4-6-14(9-13)18-16(21)11-19-8-3-1-2-7-15(19)12-20/h4-6,9,15,20H,1-3,7-8,10-12,17H2,(H,18,21). The van der Waals surface area contributed by atoms with E-state index in [1.165, 1.54) is 6.42 Å². The molecule has 1 saturated heterocycles. The molecule has 1 aliphatic heterocycles. The van der Waals surface area contributed by atoms with Crippen LogP contribution >= 0.6 is 0 Å². The Hall–Kier alpha value is -1.43. The van der Waals surface area contributed by atoms with Gasteiger partial charge in [-0.05, 0) is 37.1 Å². The van der Waals surface area contributed by atoms with E-state index in [2.05, 4.69) is 10.2 Å². The van der Waals surface area contributed by atoms with Crippen LogP contribution in [0.2, 0.25) is 0 Å². The van der Waals surface area contributed by atoms with Crippen LogP contribution in [0.1, 0.15) is 31.2 Å². The summed E-state index contributed by atoms with van der Waals surface area (Å²) in [5, 5.41) is 12.4. The molecule has 4 N–H and O–H groups in total. The Morgan fingerprint density at radius 3 is 3.00 bits per heavy atom. The van der Waals surface area contributed by atoms with Gasteiger partial charge in [-0.3, -0.25) is 9.69 Å². The number of anilines is 1. The quantitative estimate of drug-likeness (QED) is 0.764. The SMILES string of the molecule is NCc1cccc(NC(=O)CN2CCCCCC2CO)c1. The molecule has 1 aliphatic rings. The second-order valence-corrected chi connectivity index (χ2v) is 5.61. The van der Waals surface area contributed by atoms with E-state index in [0.29, 0.717) is 13.1 Å². The number of likely N-dealkylation sites (tertiary alicyclic amines) is 1. The predicted octanol–water partition coefficient (Wildman–Crippen LogP) is 1.32. The Morgan fingerprint density at radius 1 is 1.38 bits per heavy atom. The van der Waals surface area contributed by atoms with Gasteiger partial charge in [0.25, 0.3) is 0 Å². The lowest BCUT2D eigenvalue weighted by Crippen LogP contribution is -2.42. The largest absolute Gasteiger partial charge is 0.395 e. The van der Waals surface area contributed by atoms with Crippen LogP contribution in [0.5, 0.6) is 0 Å². The van der Waals surface area contributed by atoms with Crippen LogP contribution in [-0.4, -0.2) is 41.7 Å². The summed E-state index contributed by atoms with van der Waals surface area (Å²) in [6.45, 7) is 1.79. The normalized spacial score (nSPS) is 20.0. The van der Waals surface area contributed by atoms with Crippen LogP contribution in [-0.2, 0) is 11.3 Å². The van der Waals surface area contributed by atoms with Gasteiger partial charge in [0.1, 0.15) is 0 Å². The predicted molar refractivity (Wildman–Crippen MR) is 83.9 cm³/mol. The fraction of sp³-hybridized carbons (Fsp3) is 0.562. The molecule has 5 nitrogen and oxygen atoms in total. The Kier molecular flexibility index (Phi) is 6.17. The minimum atomic E-state index is -0.0375. The molecule has 1 aromatic carbocycles. The second kappa shape index (κ2) is 8.12. The van der Waals surface area contributed by atoms with Gasteiger partial charge in [-0.2, -0.15) is 0 Å². The number of carbonyl (C=O) groups is 1. The number of aliphatic hydroxyl groups is 1. The van der Waals surface area contributed by atoms with Crippen molar-refractivity contribution in [3.63, 3.8) is 0 Å². The number of hydrogen-bond acceptors (Lipinski definition) is 4. The summed E-state index contributed by atoms with van der Waals surface area (Å²) in [6.07, 6.45) is 4.36. The number of amides is 1. The number of nitrogens with two attached hydrogens (primary N) is 1. The maximum Gasteiger partial charge on any atom is 0.238 e. The third kappa shape index (κ3) is 4.81. The molecule has 21 heavy (non-hydrogen) atoms. The van der Waals surface area contributed by atoms with Gasteiger partial charge in [-0.15, -0.1) is 0 Å². The summed E-state index contributed by atoms with van der Waals surface area (Å²) < 4.78 is 0. The van der Waals surface area contributed by atoms with Crippen molar-refractivity contribution in [3.8, 4) is 0 Å². The molecule has 1 aromatic rings. The molecular formula is C16H25N3O2. The number of carbonyl (C=O) groups excluding carboxylic acids is 1. The molecule has 0 saturated carbocycles. The molecule has 1 amide bonds. The smallest absolute Gasteiger partial charge is 0.238 e. The average Bonchev–Trinajstić information content (AvgIpc) is 2.72. The molecule has 1 atom stereocenters. The van der Waals surface area contributed by atoms with Crippen LogP contribution in [0.4, 0.5) is 5.69 Å². The lowest BCUT2D eigenvalue weighted by molar-refractivity contribution is -0.118. The molecule has 0 aliphatic carbocycles. The minimum absolute atomic E-state index is 0.0375. The topological polar surface area (TPSA) is 78.6 Å². The van der Waals surface area contributed by atoms with E-state index in [9.17, 15) is 9.90 Å². The van der Waals surface area contributed by atoms with Gasteiger partial charge in [0.05, 0.1) is 13.2 Å². The lowest BCUT2D eigenvalue weighted by atomic mass is 10.1. The third-order valence-corrected chi connectivity index (χ3v) is 4.00. The van der Waals surface area contributed by atoms with Crippen LogP contribution in [0, 0.1) is 0 Å². The van der Waals surface area contributed by atoms with Crippen LogP contribution < -0.4 is 11.1 Å². The zero-order valence-corrected chi connectivity index (χ0v) is 12.4. The molecule has 0 radical (unpaired) electrons. The van der Waals surface area contributed by atoms with E-state index in [0.717, 1.165) is 37.1 Å². The van der Waals surface area contributed by atoms with E-state index in [1.54, 1.807) is 0 Å². The van der Waals surface area contributed by atoms with Gasteiger partial charge in [0.15, 0.2) is 0 Å². The molecule has 2 rings (SSSR count). The first-order valence-electron chi connectivity index (χ1n) is 7.66. The Bertz CT molecular complexity index is 465. The highest BCUT2D eigenvalue weighted by Crippen LogP contribution is 2.16. The summed E-state index contributed by atoms with van der Waals surface area (Å²) >= 11 is 0. The van der Waals surface area contributed by atoms with Crippen molar-refractivity contribution in [1.29, 1.82) is 0 Å². The van der Waals surface area contributed by atoms with Crippen molar-refractivity contribution in [2.45, 2.75) is 38.3 Å². The molecule has 0 aromatic heterocycles. The first kappa shape index (κ1) is 15.9. The van der Waals surface area contributed by atoms with Crippen LogP contribution in [0.15, 0.2) is 24.3 Å². The van der Waals surface area contributed by atoms with Crippen molar-refractivity contribution in [1.82, 2.24) is 4.90 Å². The molecular weight excluding hydrogens is 266 g/mol. The van der Waals surface area contributed by atoms with Gasteiger partial charge in [0.2, 0.25) is 5.91 Å². The van der Waals surface area contributed by atoms with E-state index >= 15 is 0 Å². The summed E-state index contributed by atoms with van der Waals surface area (Å²) in [5.74, 6) is -0.0375. The maximum absolute atomic E-state index is 12.2. The van der Waals surface area contributed by atoms with Crippen molar-refractivity contribution in [3.05, 3.63) is 29.8 Å². The summed E-state index contributed by atoms with van der Waals surface area (Å²) in [5.41, 5.74) is 7.38. The first-order valence-corrected chi connectivity index (χ1v) is 7.66. The van der Waals surface area contributed by atoms with Crippen molar-refractivity contribution in [2.24, 2.45) is 5.73 Å². The maximum atomic E-state index is 12.2. The molecule has 5 heteroatoms. The second-order valence-electron chi connectivity index (χ2n) is 5.61. The van der Waals surface area contributed by atoms with E-state index in [-0.39, 0.29) is 18.6 Å². The van der Waals surface area contributed by atoms with E-state index in [1.807, 2.05) is 24.3 Å². The molecule has 0 bridgehead atoms. The van der Waals surface area contributed by atoms with Gasteiger partial charge in [0, 0.05) is 18.3 Å².